The van der Waals surface area contributed by atoms with Crippen LogP contribution in [0.15, 0.2) is 23.1 Å². The number of nitriles is 1. The lowest BCUT2D eigenvalue weighted by atomic mass is 10.2. The highest BCUT2D eigenvalue weighted by atomic mass is 16.2. The number of carbonyl (C=O) groups excluding carboxylic acids is 1. The van der Waals surface area contributed by atoms with Gasteiger partial charge in [-0.05, 0) is 13.0 Å². The van der Waals surface area contributed by atoms with E-state index in [2.05, 4.69) is 0 Å². The first-order chi connectivity index (χ1) is 7.47. The van der Waals surface area contributed by atoms with Crippen LogP contribution in [0.4, 0.5) is 0 Å². The lowest BCUT2D eigenvalue weighted by molar-refractivity contribution is 0.0773. The smallest absolute Gasteiger partial charge is 0.254 e. The Bertz CT molecular complexity index is 499. The van der Waals surface area contributed by atoms with E-state index in [9.17, 15) is 9.59 Å². The van der Waals surface area contributed by atoms with Crippen molar-refractivity contribution in [3.8, 4) is 6.07 Å². The minimum atomic E-state index is -0.517. The molecule has 0 N–H and O–H groups in total. The van der Waals surface area contributed by atoms with E-state index in [4.69, 9.17) is 5.26 Å². The maximum absolute atomic E-state index is 11.8. The molecule has 0 aliphatic rings. The van der Waals surface area contributed by atoms with Crippen molar-refractivity contribution in [2.75, 3.05) is 7.05 Å². The molecule has 1 atom stereocenters. The molecule has 1 aromatic heterocycles. The molecule has 0 bridgehead atoms. The molecule has 1 aromatic rings. The number of pyridine rings is 1. The Kier molecular flexibility index (Phi) is 3.46. The van der Waals surface area contributed by atoms with Crippen LogP contribution in [0.25, 0.3) is 0 Å². The van der Waals surface area contributed by atoms with Crippen LogP contribution in [-0.2, 0) is 7.05 Å². The van der Waals surface area contributed by atoms with E-state index in [0.717, 1.165) is 0 Å². The van der Waals surface area contributed by atoms with Crippen LogP contribution in [0.1, 0.15) is 17.3 Å². The Morgan fingerprint density at radius 3 is 2.75 bits per heavy atom. The Labute approximate surface area is 93.5 Å². The SMILES string of the molecule is CC(C#N)N(C)C(=O)c1ccn(C)c(=O)c1. The third kappa shape index (κ3) is 2.28. The molecule has 1 heterocycles. The molecule has 16 heavy (non-hydrogen) atoms. The van der Waals surface area contributed by atoms with Gasteiger partial charge >= 0.3 is 0 Å². The summed E-state index contributed by atoms with van der Waals surface area (Å²) in [4.78, 5) is 24.5. The summed E-state index contributed by atoms with van der Waals surface area (Å²) in [7, 11) is 3.14. The topological polar surface area (TPSA) is 66.1 Å². The zero-order chi connectivity index (χ0) is 12.3. The molecule has 5 heteroatoms. The normalized spacial score (nSPS) is 11.6. The highest BCUT2D eigenvalue weighted by Gasteiger charge is 2.17. The first-order valence-electron chi connectivity index (χ1n) is 4.81. The van der Waals surface area contributed by atoms with Gasteiger partial charge in [-0.15, -0.1) is 0 Å². The van der Waals surface area contributed by atoms with Gasteiger partial charge in [0, 0.05) is 31.9 Å². The average molecular weight is 219 g/mol. The molecule has 1 amide bonds. The molecule has 0 spiro atoms. The van der Waals surface area contributed by atoms with Crippen molar-refractivity contribution in [3.63, 3.8) is 0 Å². The largest absolute Gasteiger partial charge is 0.326 e. The van der Waals surface area contributed by atoms with Gasteiger partial charge in [-0.1, -0.05) is 0 Å². The fourth-order valence-electron chi connectivity index (χ4n) is 1.15. The van der Waals surface area contributed by atoms with Gasteiger partial charge in [0.15, 0.2) is 0 Å². The van der Waals surface area contributed by atoms with Crippen molar-refractivity contribution >= 4 is 5.91 Å². The summed E-state index contributed by atoms with van der Waals surface area (Å²) in [6.45, 7) is 1.62. The van der Waals surface area contributed by atoms with Gasteiger partial charge in [0.2, 0.25) is 0 Å². The molecular formula is C11H13N3O2. The number of rotatable bonds is 2. The minimum Gasteiger partial charge on any atom is -0.326 e. The summed E-state index contributed by atoms with van der Waals surface area (Å²) in [5.41, 5.74) is 0.0524. The van der Waals surface area contributed by atoms with Crippen molar-refractivity contribution in [2.45, 2.75) is 13.0 Å². The molecule has 1 rings (SSSR count). The minimum absolute atomic E-state index is 0.246. The Morgan fingerprint density at radius 2 is 2.25 bits per heavy atom. The predicted octanol–water partition coefficient (Wildman–Crippen LogP) is 0.369. The van der Waals surface area contributed by atoms with Crippen LogP contribution in [-0.4, -0.2) is 28.5 Å². The molecular weight excluding hydrogens is 206 g/mol. The highest BCUT2D eigenvalue weighted by Crippen LogP contribution is 2.03. The van der Waals surface area contributed by atoms with Crippen LogP contribution in [0.2, 0.25) is 0 Å². The van der Waals surface area contributed by atoms with Crippen LogP contribution in [0.5, 0.6) is 0 Å². The molecule has 0 aliphatic carbocycles. The Balaban J connectivity index is 3.02. The van der Waals surface area contributed by atoms with Crippen LogP contribution >= 0.6 is 0 Å². The maximum Gasteiger partial charge on any atom is 0.254 e. The van der Waals surface area contributed by atoms with Gasteiger partial charge in [-0.3, -0.25) is 9.59 Å². The zero-order valence-electron chi connectivity index (χ0n) is 9.47. The number of hydrogen-bond donors (Lipinski definition) is 0. The lowest BCUT2D eigenvalue weighted by Crippen LogP contribution is -2.34. The molecule has 0 saturated heterocycles. The molecule has 0 fully saturated rings. The number of amides is 1. The van der Waals surface area contributed by atoms with Gasteiger partial charge < -0.3 is 9.47 Å². The molecule has 0 saturated carbocycles. The van der Waals surface area contributed by atoms with Gasteiger partial charge in [0.1, 0.15) is 6.04 Å². The third-order valence-corrected chi connectivity index (χ3v) is 2.44. The average Bonchev–Trinajstić information content (AvgIpc) is 2.29. The van der Waals surface area contributed by atoms with E-state index in [0.29, 0.717) is 5.56 Å². The van der Waals surface area contributed by atoms with E-state index >= 15 is 0 Å². The maximum atomic E-state index is 11.8. The van der Waals surface area contributed by atoms with E-state index < -0.39 is 6.04 Å². The van der Waals surface area contributed by atoms with Gasteiger partial charge in [0.25, 0.3) is 11.5 Å². The molecule has 0 aliphatic heterocycles. The second-order valence-electron chi connectivity index (χ2n) is 3.59. The Hall–Kier alpha value is -2.09. The van der Waals surface area contributed by atoms with Crippen molar-refractivity contribution in [1.82, 2.24) is 9.47 Å². The monoisotopic (exact) mass is 219 g/mol. The van der Waals surface area contributed by atoms with Crippen LogP contribution in [0.3, 0.4) is 0 Å². The summed E-state index contributed by atoms with van der Waals surface area (Å²) in [5.74, 6) is -0.327. The third-order valence-electron chi connectivity index (χ3n) is 2.44. The summed E-state index contributed by atoms with van der Waals surface area (Å²) in [6.07, 6.45) is 1.53. The molecule has 84 valence electrons. The quantitative estimate of drug-likeness (QED) is 0.721. The van der Waals surface area contributed by atoms with Crippen molar-refractivity contribution in [3.05, 3.63) is 34.2 Å². The van der Waals surface area contributed by atoms with Gasteiger partial charge in [0.05, 0.1) is 6.07 Å². The fraction of sp³-hybridized carbons (Fsp3) is 0.364. The molecule has 5 nitrogen and oxygen atoms in total. The van der Waals surface area contributed by atoms with Gasteiger partial charge in [-0.2, -0.15) is 5.26 Å². The Morgan fingerprint density at radius 1 is 1.62 bits per heavy atom. The van der Waals surface area contributed by atoms with Crippen LogP contribution in [0, 0.1) is 11.3 Å². The second-order valence-corrected chi connectivity index (χ2v) is 3.59. The number of nitrogens with zero attached hydrogens (tertiary/aromatic N) is 3. The summed E-state index contributed by atoms with van der Waals surface area (Å²) >= 11 is 0. The highest BCUT2D eigenvalue weighted by molar-refractivity contribution is 5.94. The van der Waals surface area contributed by atoms with Crippen molar-refractivity contribution in [1.29, 1.82) is 5.26 Å². The number of carbonyl (C=O) groups is 1. The number of hydrogen-bond acceptors (Lipinski definition) is 3. The number of aromatic nitrogens is 1. The fourth-order valence-corrected chi connectivity index (χ4v) is 1.15. The van der Waals surface area contributed by atoms with E-state index in [1.807, 2.05) is 6.07 Å². The number of aryl methyl sites for hydroxylation is 1. The zero-order valence-corrected chi connectivity index (χ0v) is 9.47. The van der Waals surface area contributed by atoms with Crippen molar-refractivity contribution in [2.24, 2.45) is 7.05 Å². The predicted molar refractivity (Wildman–Crippen MR) is 58.9 cm³/mol. The summed E-state index contributed by atoms with van der Waals surface area (Å²) in [6, 6.07) is 4.27. The molecule has 0 radical (unpaired) electrons. The van der Waals surface area contributed by atoms with E-state index in [-0.39, 0.29) is 11.5 Å². The standard InChI is InChI=1S/C11H13N3O2/c1-8(7-12)14(3)11(16)9-4-5-13(2)10(15)6-9/h4-6,8H,1-3H3. The lowest BCUT2D eigenvalue weighted by Gasteiger charge is -2.19. The van der Waals surface area contributed by atoms with Crippen molar-refractivity contribution < 1.29 is 4.79 Å². The second kappa shape index (κ2) is 4.62. The molecule has 1 unspecified atom stereocenters. The van der Waals surface area contributed by atoms with E-state index in [1.165, 1.54) is 28.8 Å². The first-order valence-corrected chi connectivity index (χ1v) is 4.81. The van der Waals surface area contributed by atoms with Gasteiger partial charge in [-0.25, -0.2) is 0 Å². The molecule has 0 aromatic carbocycles. The summed E-state index contributed by atoms with van der Waals surface area (Å²) in [5, 5.41) is 8.69. The first kappa shape index (κ1) is 12.0. The van der Waals surface area contributed by atoms with E-state index in [1.54, 1.807) is 20.0 Å². The summed E-state index contributed by atoms with van der Waals surface area (Å²) < 4.78 is 1.38. The van der Waals surface area contributed by atoms with Crippen LogP contribution < -0.4 is 5.56 Å².